The summed E-state index contributed by atoms with van der Waals surface area (Å²) < 4.78 is 0. The molecule has 116 valence electrons. The minimum Gasteiger partial charge on any atom is -0.299 e. The lowest BCUT2D eigenvalue weighted by Crippen LogP contribution is -2.56. The predicted molar refractivity (Wildman–Crippen MR) is 82.9 cm³/mol. The standard InChI is InChI=1S/C17H28N4/c1-20-15-6-7-16(20)10-21(9-8-15)12-17(11-18,13-2-3-13)19-14-4-5-14/h13-16,19H,2-10,12H2,1H3. The average Bonchev–Trinajstić information content (AvgIpc) is 3.34. The number of likely N-dealkylation sites (tertiary alicyclic amines) is 1. The zero-order chi connectivity index (χ0) is 14.4. The van der Waals surface area contributed by atoms with Crippen LogP contribution in [0.1, 0.15) is 44.9 Å². The van der Waals surface area contributed by atoms with Gasteiger partial charge >= 0.3 is 0 Å². The number of nitriles is 1. The topological polar surface area (TPSA) is 42.3 Å². The van der Waals surface area contributed by atoms with E-state index in [9.17, 15) is 5.26 Å². The summed E-state index contributed by atoms with van der Waals surface area (Å²) in [5, 5.41) is 13.6. The molecule has 4 heteroatoms. The van der Waals surface area contributed by atoms with E-state index in [1.807, 2.05) is 0 Å². The summed E-state index contributed by atoms with van der Waals surface area (Å²) in [5.74, 6) is 0.598. The molecule has 21 heavy (non-hydrogen) atoms. The van der Waals surface area contributed by atoms with E-state index in [0.29, 0.717) is 18.0 Å². The number of fused-ring (bicyclic) bond motifs is 2. The van der Waals surface area contributed by atoms with Crippen LogP contribution in [0, 0.1) is 17.2 Å². The molecule has 2 bridgehead atoms. The van der Waals surface area contributed by atoms with Gasteiger partial charge in [0, 0.05) is 31.2 Å². The minimum atomic E-state index is -0.261. The van der Waals surface area contributed by atoms with Gasteiger partial charge in [0.1, 0.15) is 5.54 Å². The molecule has 0 spiro atoms. The molecule has 0 radical (unpaired) electrons. The first-order valence-electron chi connectivity index (χ1n) is 8.83. The molecule has 0 aromatic carbocycles. The quantitative estimate of drug-likeness (QED) is 0.834. The smallest absolute Gasteiger partial charge is 0.122 e. The molecule has 0 aromatic rings. The third kappa shape index (κ3) is 2.72. The van der Waals surface area contributed by atoms with Crippen LogP contribution in [0.25, 0.3) is 0 Å². The molecule has 4 rings (SSSR count). The largest absolute Gasteiger partial charge is 0.299 e. The monoisotopic (exact) mass is 288 g/mol. The van der Waals surface area contributed by atoms with Crippen LogP contribution in [0.3, 0.4) is 0 Å². The minimum absolute atomic E-state index is 0.261. The Morgan fingerprint density at radius 2 is 1.86 bits per heavy atom. The van der Waals surface area contributed by atoms with Crippen molar-refractivity contribution < 1.29 is 0 Å². The van der Waals surface area contributed by atoms with Gasteiger partial charge in [-0.2, -0.15) is 5.26 Å². The summed E-state index contributed by atoms with van der Waals surface area (Å²) in [5.41, 5.74) is -0.261. The van der Waals surface area contributed by atoms with E-state index in [1.54, 1.807) is 0 Å². The number of hydrogen-bond donors (Lipinski definition) is 1. The van der Waals surface area contributed by atoms with Crippen molar-refractivity contribution in [1.29, 1.82) is 5.26 Å². The number of nitrogens with one attached hydrogen (secondary N) is 1. The highest BCUT2D eigenvalue weighted by Gasteiger charge is 2.49. The zero-order valence-corrected chi connectivity index (χ0v) is 13.2. The number of rotatable bonds is 5. The second kappa shape index (κ2) is 5.22. The van der Waals surface area contributed by atoms with Gasteiger partial charge in [-0.15, -0.1) is 0 Å². The maximum atomic E-state index is 9.90. The van der Waals surface area contributed by atoms with Crippen molar-refractivity contribution in [3.05, 3.63) is 0 Å². The fourth-order valence-electron chi connectivity index (χ4n) is 4.50. The third-order valence-electron chi connectivity index (χ3n) is 6.22. The summed E-state index contributed by atoms with van der Waals surface area (Å²) in [7, 11) is 2.30. The van der Waals surface area contributed by atoms with Gasteiger partial charge in [0.05, 0.1) is 6.07 Å². The third-order valence-corrected chi connectivity index (χ3v) is 6.22. The average molecular weight is 288 g/mol. The molecule has 0 amide bonds. The van der Waals surface area contributed by atoms with Crippen LogP contribution in [0.5, 0.6) is 0 Å². The predicted octanol–water partition coefficient (Wildman–Crippen LogP) is 1.58. The van der Waals surface area contributed by atoms with Crippen molar-refractivity contribution in [3.63, 3.8) is 0 Å². The Kier molecular flexibility index (Phi) is 3.48. The number of nitrogens with zero attached hydrogens (tertiary/aromatic N) is 3. The Bertz CT molecular complexity index is 437. The SMILES string of the molecule is CN1C2CCC1CN(CC(C#N)(NC1CC1)C1CC1)CC2. The van der Waals surface area contributed by atoms with Crippen molar-refractivity contribution in [2.45, 2.75) is 68.6 Å². The highest BCUT2D eigenvalue weighted by Crippen LogP contribution is 2.42. The van der Waals surface area contributed by atoms with Crippen LogP contribution < -0.4 is 5.32 Å². The van der Waals surface area contributed by atoms with Gasteiger partial charge in [-0.05, 0) is 64.5 Å². The van der Waals surface area contributed by atoms with E-state index in [1.165, 1.54) is 51.5 Å². The van der Waals surface area contributed by atoms with Crippen LogP contribution in [0.4, 0.5) is 0 Å². The van der Waals surface area contributed by atoms with Crippen LogP contribution in [0.15, 0.2) is 0 Å². The summed E-state index contributed by atoms with van der Waals surface area (Å²) in [6.45, 7) is 3.28. The Balaban J connectivity index is 1.46. The lowest BCUT2D eigenvalue weighted by atomic mass is 9.93. The van der Waals surface area contributed by atoms with Crippen LogP contribution in [-0.4, -0.2) is 60.1 Å². The Morgan fingerprint density at radius 1 is 1.10 bits per heavy atom. The lowest BCUT2D eigenvalue weighted by Gasteiger charge is -2.35. The zero-order valence-electron chi connectivity index (χ0n) is 13.2. The van der Waals surface area contributed by atoms with Gasteiger partial charge in [-0.1, -0.05) is 0 Å². The van der Waals surface area contributed by atoms with Crippen molar-refractivity contribution in [3.8, 4) is 6.07 Å². The maximum absolute atomic E-state index is 9.90. The second-order valence-corrected chi connectivity index (χ2v) is 7.85. The van der Waals surface area contributed by atoms with E-state index in [4.69, 9.17) is 0 Å². The molecular formula is C17H28N4. The fraction of sp³-hybridized carbons (Fsp3) is 0.941. The van der Waals surface area contributed by atoms with Gasteiger partial charge < -0.3 is 0 Å². The van der Waals surface area contributed by atoms with Crippen LogP contribution >= 0.6 is 0 Å². The second-order valence-electron chi connectivity index (χ2n) is 7.85. The molecule has 2 heterocycles. The highest BCUT2D eigenvalue weighted by molar-refractivity contribution is 5.19. The van der Waals surface area contributed by atoms with Crippen LogP contribution in [-0.2, 0) is 0 Å². The first-order valence-corrected chi connectivity index (χ1v) is 8.83. The van der Waals surface area contributed by atoms with Crippen molar-refractivity contribution in [2.24, 2.45) is 5.92 Å². The Morgan fingerprint density at radius 3 is 2.52 bits per heavy atom. The molecule has 2 saturated carbocycles. The first-order chi connectivity index (χ1) is 10.2. The normalized spacial score (nSPS) is 37.0. The van der Waals surface area contributed by atoms with Crippen molar-refractivity contribution in [2.75, 3.05) is 26.7 Å². The Labute approximate surface area is 128 Å². The van der Waals surface area contributed by atoms with E-state index in [-0.39, 0.29) is 5.54 Å². The van der Waals surface area contributed by atoms with Crippen LogP contribution in [0.2, 0.25) is 0 Å². The molecule has 3 unspecified atom stereocenters. The molecule has 2 aliphatic heterocycles. The highest BCUT2D eigenvalue weighted by atomic mass is 15.3. The summed E-state index contributed by atoms with van der Waals surface area (Å²) in [4.78, 5) is 5.19. The van der Waals surface area contributed by atoms with E-state index < -0.39 is 0 Å². The lowest BCUT2D eigenvalue weighted by molar-refractivity contribution is 0.174. The molecule has 4 fully saturated rings. The number of hydrogen-bond acceptors (Lipinski definition) is 4. The summed E-state index contributed by atoms with van der Waals surface area (Å²) in [6, 6.07) is 4.83. The van der Waals surface area contributed by atoms with Gasteiger partial charge in [0.25, 0.3) is 0 Å². The van der Waals surface area contributed by atoms with Gasteiger partial charge in [0.15, 0.2) is 0 Å². The van der Waals surface area contributed by atoms with Gasteiger partial charge in [0.2, 0.25) is 0 Å². The van der Waals surface area contributed by atoms with Gasteiger partial charge in [-0.3, -0.25) is 15.1 Å². The first kappa shape index (κ1) is 14.0. The van der Waals surface area contributed by atoms with Crippen molar-refractivity contribution >= 4 is 0 Å². The van der Waals surface area contributed by atoms with Gasteiger partial charge in [-0.25, -0.2) is 0 Å². The van der Waals surface area contributed by atoms with E-state index >= 15 is 0 Å². The molecule has 2 aliphatic carbocycles. The van der Waals surface area contributed by atoms with Crippen molar-refractivity contribution in [1.82, 2.24) is 15.1 Å². The van der Waals surface area contributed by atoms with E-state index in [0.717, 1.165) is 19.1 Å². The molecule has 0 aromatic heterocycles. The molecule has 1 N–H and O–H groups in total. The number of likely N-dealkylation sites (N-methyl/N-ethyl adjacent to an activating group) is 1. The Hall–Kier alpha value is -0.630. The fourth-order valence-corrected chi connectivity index (χ4v) is 4.50. The molecule has 2 saturated heterocycles. The summed E-state index contributed by atoms with van der Waals surface area (Å²) >= 11 is 0. The molecule has 4 aliphatic rings. The molecule has 4 nitrogen and oxygen atoms in total. The summed E-state index contributed by atoms with van der Waals surface area (Å²) in [6.07, 6.45) is 9.02. The van der Waals surface area contributed by atoms with E-state index in [2.05, 4.69) is 28.2 Å². The molecular weight excluding hydrogens is 260 g/mol. The molecule has 3 atom stereocenters. The maximum Gasteiger partial charge on any atom is 0.122 e.